The van der Waals surface area contributed by atoms with E-state index in [1.807, 2.05) is 0 Å². The molecule has 0 radical (unpaired) electrons. The molecule has 0 aliphatic rings. The van der Waals surface area contributed by atoms with E-state index in [1.165, 1.54) is 18.2 Å². The highest BCUT2D eigenvalue weighted by Gasteiger charge is 2.20. The normalized spacial score (nSPS) is 10.9. The average molecular weight is 531 g/mol. The number of benzene rings is 3. The molecule has 0 unspecified atom stereocenters. The molecule has 6 N–H and O–H groups in total. The van der Waals surface area contributed by atoms with Gasteiger partial charge in [0.05, 0.1) is 5.56 Å². The molecule has 0 bridgehead atoms. The van der Waals surface area contributed by atoms with Crippen molar-refractivity contribution in [2.75, 3.05) is 23.5 Å². The second-order valence-electron chi connectivity index (χ2n) is 7.69. The fraction of sp³-hybridized carbons (Fsp3) is 0.125. The maximum Gasteiger partial charge on any atom is 0.341 e. The molecule has 1 amide bonds. The van der Waals surface area contributed by atoms with E-state index in [0.717, 1.165) is 6.26 Å². The maximum absolute atomic E-state index is 13.0. The van der Waals surface area contributed by atoms with Crippen LogP contribution in [0.1, 0.15) is 21.5 Å². The largest absolute Gasteiger partial charge is 0.480 e. The molecule has 0 saturated heterocycles. The van der Waals surface area contributed by atoms with Crippen LogP contribution >= 0.6 is 11.6 Å². The lowest BCUT2D eigenvalue weighted by molar-refractivity contribution is -0.139. The predicted molar refractivity (Wildman–Crippen MR) is 137 cm³/mol. The molecule has 0 aliphatic carbocycles. The summed E-state index contributed by atoms with van der Waals surface area (Å²) in [7, 11) is -3.71. The number of nitrogen functional groups attached to an aromatic ring is 1. The van der Waals surface area contributed by atoms with Gasteiger partial charge in [0.2, 0.25) is 0 Å². The molecular formula is C24H23ClN4O6S. The zero-order valence-electron chi connectivity index (χ0n) is 19.0. The standard InChI is InChI=1S/C24H23ClN4O6S/c1-36(33,34)20-4-2-3-15(22(20)35-13-21(30)31)12-28-19-10-7-16(25)11-18(19)24(32)29-17-8-5-14(6-9-17)23(26)27/h2-11,28H,12-13H2,1H3,(H3,26,27)(H,29,32)(H,30,31). The van der Waals surface area contributed by atoms with Crippen LogP contribution in [0.4, 0.5) is 11.4 Å². The van der Waals surface area contributed by atoms with Crippen LogP contribution in [0.5, 0.6) is 5.75 Å². The van der Waals surface area contributed by atoms with Gasteiger partial charge in [0.25, 0.3) is 5.91 Å². The number of ether oxygens (including phenoxy) is 1. The van der Waals surface area contributed by atoms with E-state index in [4.69, 9.17) is 32.6 Å². The van der Waals surface area contributed by atoms with Crippen LogP contribution < -0.4 is 21.1 Å². The Bertz CT molecular complexity index is 1430. The monoisotopic (exact) mass is 530 g/mol. The quantitative estimate of drug-likeness (QED) is 0.196. The average Bonchev–Trinajstić information content (AvgIpc) is 2.81. The van der Waals surface area contributed by atoms with Gasteiger partial charge in [0.1, 0.15) is 16.5 Å². The SMILES string of the molecule is CS(=O)(=O)c1cccc(CNc2ccc(Cl)cc2C(=O)Nc2ccc(C(=N)N)cc2)c1OCC(=O)O. The number of halogens is 1. The number of carbonyl (C=O) groups excluding carboxylic acids is 1. The van der Waals surface area contributed by atoms with Crippen LogP contribution in [0.2, 0.25) is 5.02 Å². The molecule has 12 heteroatoms. The zero-order chi connectivity index (χ0) is 26.5. The first-order chi connectivity index (χ1) is 17.0. The van der Waals surface area contributed by atoms with E-state index in [1.54, 1.807) is 42.5 Å². The number of anilines is 2. The first-order valence-electron chi connectivity index (χ1n) is 10.4. The second-order valence-corrected chi connectivity index (χ2v) is 10.1. The smallest absolute Gasteiger partial charge is 0.341 e. The Morgan fingerprint density at radius 3 is 2.42 bits per heavy atom. The number of hydrogen-bond acceptors (Lipinski definition) is 7. The lowest BCUT2D eigenvalue weighted by Gasteiger charge is -2.17. The van der Waals surface area contributed by atoms with Crippen molar-refractivity contribution in [1.82, 2.24) is 0 Å². The Morgan fingerprint density at radius 2 is 1.81 bits per heavy atom. The molecule has 10 nitrogen and oxygen atoms in total. The minimum absolute atomic E-state index is 0.0214. The van der Waals surface area contributed by atoms with Gasteiger partial charge in [0.15, 0.2) is 16.4 Å². The number of nitrogens with two attached hydrogens (primary N) is 1. The first kappa shape index (κ1) is 26.5. The molecule has 0 fully saturated rings. The fourth-order valence-corrected chi connectivity index (χ4v) is 4.30. The van der Waals surface area contributed by atoms with Crippen LogP contribution in [-0.2, 0) is 21.2 Å². The van der Waals surface area contributed by atoms with Crippen molar-refractivity contribution >= 4 is 50.5 Å². The van der Waals surface area contributed by atoms with Gasteiger partial charge in [-0.3, -0.25) is 10.2 Å². The van der Waals surface area contributed by atoms with Crippen LogP contribution in [0.3, 0.4) is 0 Å². The molecule has 0 atom stereocenters. The van der Waals surface area contributed by atoms with Gasteiger partial charge in [-0.15, -0.1) is 0 Å². The summed E-state index contributed by atoms with van der Waals surface area (Å²) in [4.78, 5) is 23.9. The highest BCUT2D eigenvalue weighted by Crippen LogP contribution is 2.30. The minimum atomic E-state index is -3.71. The van der Waals surface area contributed by atoms with Gasteiger partial charge in [-0.25, -0.2) is 13.2 Å². The predicted octanol–water partition coefficient (Wildman–Crippen LogP) is 3.36. The van der Waals surface area contributed by atoms with E-state index in [9.17, 15) is 18.0 Å². The summed E-state index contributed by atoms with van der Waals surface area (Å²) >= 11 is 6.12. The van der Waals surface area contributed by atoms with Gasteiger partial charge >= 0.3 is 5.97 Å². The molecule has 0 aromatic heterocycles. The third kappa shape index (κ3) is 6.74. The van der Waals surface area contributed by atoms with Crippen LogP contribution in [-0.4, -0.2) is 44.1 Å². The molecule has 0 heterocycles. The topological polar surface area (TPSA) is 172 Å². The van der Waals surface area contributed by atoms with Crippen LogP contribution in [0, 0.1) is 5.41 Å². The summed E-state index contributed by atoms with van der Waals surface area (Å²) in [6.07, 6.45) is 0.998. The van der Waals surface area contributed by atoms with Crippen molar-refractivity contribution < 1.29 is 27.9 Å². The van der Waals surface area contributed by atoms with Gasteiger partial charge in [-0.05, 0) is 48.5 Å². The summed E-state index contributed by atoms with van der Waals surface area (Å²) in [6, 6.07) is 15.5. The second kappa shape index (κ2) is 11.1. The van der Waals surface area contributed by atoms with E-state index in [-0.39, 0.29) is 28.6 Å². The fourth-order valence-electron chi connectivity index (χ4n) is 3.27. The van der Waals surface area contributed by atoms with Crippen LogP contribution in [0.25, 0.3) is 0 Å². The Balaban J connectivity index is 1.87. The summed E-state index contributed by atoms with van der Waals surface area (Å²) in [6.45, 7) is -0.704. The summed E-state index contributed by atoms with van der Waals surface area (Å²) < 4.78 is 29.7. The number of sulfone groups is 1. The number of amides is 1. The number of para-hydroxylation sites is 1. The number of aliphatic carboxylic acids is 1. The molecule has 0 spiro atoms. The highest BCUT2D eigenvalue weighted by molar-refractivity contribution is 7.90. The van der Waals surface area contributed by atoms with Crippen molar-refractivity contribution in [2.45, 2.75) is 11.4 Å². The lowest BCUT2D eigenvalue weighted by atomic mass is 10.1. The maximum atomic E-state index is 13.0. The number of carboxylic acids is 1. The molecule has 3 aromatic carbocycles. The molecule has 188 valence electrons. The van der Waals surface area contributed by atoms with Crippen molar-refractivity contribution in [3.05, 3.63) is 82.4 Å². The Labute approximate surface area is 212 Å². The molecule has 0 aliphatic heterocycles. The van der Waals surface area contributed by atoms with E-state index < -0.39 is 28.3 Å². The number of carbonyl (C=O) groups is 2. The molecular weight excluding hydrogens is 508 g/mol. The molecule has 36 heavy (non-hydrogen) atoms. The molecule has 3 aromatic rings. The number of amidine groups is 1. The Kier molecular flexibility index (Phi) is 8.18. The van der Waals surface area contributed by atoms with E-state index >= 15 is 0 Å². The number of hydrogen-bond donors (Lipinski definition) is 5. The number of carboxylic acid groups (broad SMARTS) is 1. The Hall–Kier alpha value is -4.09. The highest BCUT2D eigenvalue weighted by atomic mass is 35.5. The first-order valence-corrected chi connectivity index (χ1v) is 12.7. The van der Waals surface area contributed by atoms with Crippen molar-refractivity contribution in [2.24, 2.45) is 5.73 Å². The summed E-state index contributed by atoms with van der Waals surface area (Å²) in [5.74, 6) is -1.91. The third-order valence-electron chi connectivity index (χ3n) is 4.95. The Morgan fingerprint density at radius 1 is 1.11 bits per heavy atom. The van der Waals surface area contributed by atoms with Gasteiger partial charge in [0, 0.05) is 40.3 Å². The minimum Gasteiger partial charge on any atom is -0.480 e. The van der Waals surface area contributed by atoms with E-state index in [2.05, 4.69) is 10.6 Å². The zero-order valence-corrected chi connectivity index (χ0v) is 20.6. The van der Waals surface area contributed by atoms with Crippen molar-refractivity contribution in [3.63, 3.8) is 0 Å². The van der Waals surface area contributed by atoms with Gasteiger partial charge in [-0.1, -0.05) is 23.7 Å². The third-order valence-corrected chi connectivity index (χ3v) is 6.30. The van der Waals surface area contributed by atoms with Crippen LogP contribution in [0.15, 0.2) is 65.6 Å². The summed E-state index contributed by atoms with van der Waals surface area (Å²) in [5.41, 5.74) is 7.42. The van der Waals surface area contributed by atoms with E-state index in [0.29, 0.717) is 27.5 Å². The van der Waals surface area contributed by atoms with Gasteiger partial charge in [-0.2, -0.15) is 0 Å². The van der Waals surface area contributed by atoms with Crippen molar-refractivity contribution in [3.8, 4) is 5.75 Å². The number of nitrogens with one attached hydrogen (secondary N) is 3. The molecule has 0 saturated carbocycles. The van der Waals surface area contributed by atoms with Gasteiger partial charge < -0.3 is 26.2 Å². The molecule has 3 rings (SSSR count). The number of rotatable bonds is 10. The van der Waals surface area contributed by atoms with Crippen molar-refractivity contribution in [1.29, 1.82) is 5.41 Å². The lowest BCUT2D eigenvalue weighted by Crippen LogP contribution is -2.16. The summed E-state index contributed by atoms with van der Waals surface area (Å²) in [5, 5.41) is 22.6.